The summed E-state index contributed by atoms with van der Waals surface area (Å²) < 4.78 is 9.37. The van der Waals surface area contributed by atoms with Gasteiger partial charge in [-0.1, -0.05) is 0 Å². The highest BCUT2D eigenvalue weighted by Gasteiger charge is 2.17. The highest BCUT2D eigenvalue weighted by molar-refractivity contribution is 5.94. The summed E-state index contributed by atoms with van der Waals surface area (Å²) in [6, 6.07) is 8.06. The second kappa shape index (κ2) is 5.08. The molecular weight excluding hydrogens is 290 g/mol. The zero-order valence-electron chi connectivity index (χ0n) is 13.3. The topological polar surface area (TPSA) is 57.2 Å². The Morgan fingerprint density at radius 1 is 1.04 bits per heavy atom. The molecule has 0 atom stereocenters. The summed E-state index contributed by atoms with van der Waals surface area (Å²) in [7, 11) is 0. The van der Waals surface area contributed by atoms with E-state index in [9.17, 15) is 0 Å². The van der Waals surface area contributed by atoms with Crippen molar-refractivity contribution >= 4 is 16.7 Å². The number of rotatable bonds is 3. The van der Waals surface area contributed by atoms with E-state index in [1.54, 1.807) is 17.2 Å². The highest BCUT2D eigenvalue weighted by Crippen LogP contribution is 2.29. The lowest BCUT2D eigenvalue weighted by molar-refractivity contribution is 0.340. The number of aryl methyl sites for hydroxylation is 1. The minimum absolute atomic E-state index is 0.663. The van der Waals surface area contributed by atoms with Crippen LogP contribution in [0.2, 0.25) is 0 Å². The van der Waals surface area contributed by atoms with E-state index in [1.807, 2.05) is 31.2 Å². The number of fused-ring (bicyclic) bond motifs is 3. The molecule has 23 heavy (non-hydrogen) atoms. The molecule has 4 aromatic rings. The lowest BCUT2D eigenvalue weighted by Gasteiger charge is -2.09. The monoisotopic (exact) mass is 307 g/mol. The molecule has 1 aromatic carbocycles. The molecule has 3 aromatic heterocycles. The fourth-order valence-corrected chi connectivity index (χ4v) is 2.97. The first-order valence-electron chi connectivity index (χ1n) is 7.60. The largest absolute Gasteiger partial charge is 0.494 e. The highest BCUT2D eigenvalue weighted by atomic mass is 16.5. The van der Waals surface area contributed by atoms with Crippen LogP contribution in [0.15, 0.2) is 36.9 Å². The minimum Gasteiger partial charge on any atom is -0.494 e. The van der Waals surface area contributed by atoms with Crippen molar-refractivity contribution in [2.45, 2.75) is 20.8 Å². The van der Waals surface area contributed by atoms with Gasteiger partial charge < -0.3 is 4.74 Å². The van der Waals surface area contributed by atoms with Gasteiger partial charge in [-0.05, 0) is 50.6 Å². The Kier molecular flexibility index (Phi) is 3.04. The molecule has 0 aliphatic carbocycles. The summed E-state index contributed by atoms with van der Waals surface area (Å²) in [5, 5.41) is 5.21. The number of benzene rings is 1. The maximum absolute atomic E-state index is 5.52. The van der Waals surface area contributed by atoms with Crippen LogP contribution in [0, 0.1) is 13.8 Å². The fourth-order valence-electron chi connectivity index (χ4n) is 2.97. The Morgan fingerprint density at radius 2 is 1.83 bits per heavy atom. The van der Waals surface area contributed by atoms with Gasteiger partial charge in [0.05, 0.1) is 12.0 Å². The Hall–Kier alpha value is -2.89. The van der Waals surface area contributed by atoms with Crippen molar-refractivity contribution in [2.24, 2.45) is 0 Å². The van der Waals surface area contributed by atoms with Crippen molar-refractivity contribution in [3.63, 3.8) is 0 Å². The van der Waals surface area contributed by atoms with Crippen LogP contribution in [-0.4, -0.2) is 30.8 Å². The van der Waals surface area contributed by atoms with Crippen molar-refractivity contribution in [2.75, 3.05) is 6.61 Å². The van der Waals surface area contributed by atoms with Crippen molar-refractivity contribution in [3.05, 3.63) is 48.2 Å². The third-order valence-corrected chi connectivity index (χ3v) is 4.18. The number of aromatic nitrogens is 5. The Bertz CT molecular complexity index is 997. The molecule has 0 amide bonds. The molecule has 0 unspecified atom stereocenters. The summed E-state index contributed by atoms with van der Waals surface area (Å²) in [5.41, 5.74) is 5.10. The normalized spacial score (nSPS) is 11.4. The van der Waals surface area contributed by atoms with E-state index in [-0.39, 0.29) is 0 Å². The summed E-state index contributed by atoms with van der Waals surface area (Å²) in [6.45, 7) is 6.84. The van der Waals surface area contributed by atoms with Gasteiger partial charge in [0.25, 0.3) is 0 Å². The van der Waals surface area contributed by atoms with E-state index in [4.69, 9.17) is 4.74 Å². The Morgan fingerprint density at radius 3 is 2.57 bits per heavy atom. The zero-order valence-corrected chi connectivity index (χ0v) is 13.3. The summed E-state index contributed by atoms with van der Waals surface area (Å²) in [5.74, 6) is 0.870. The quantitative estimate of drug-likeness (QED) is 0.583. The smallest absolute Gasteiger partial charge is 0.168 e. The predicted octanol–water partition coefficient (Wildman–Crippen LogP) is 3.08. The third-order valence-electron chi connectivity index (χ3n) is 4.18. The first-order chi connectivity index (χ1) is 11.2. The molecule has 0 aliphatic heterocycles. The van der Waals surface area contributed by atoms with Gasteiger partial charge in [0.15, 0.2) is 11.3 Å². The molecule has 0 N–H and O–H groups in total. The van der Waals surface area contributed by atoms with E-state index in [2.05, 4.69) is 33.5 Å². The van der Waals surface area contributed by atoms with Crippen molar-refractivity contribution in [1.82, 2.24) is 24.1 Å². The molecule has 0 aliphatic rings. The Labute approximate surface area is 133 Å². The number of nitrogens with zero attached hydrogens (tertiary/aromatic N) is 5. The first-order valence-corrected chi connectivity index (χ1v) is 7.60. The molecule has 0 bridgehead atoms. The molecule has 0 saturated carbocycles. The van der Waals surface area contributed by atoms with E-state index in [0.717, 1.165) is 33.8 Å². The second-order valence-electron chi connectivity index (χ2n) is 5.44. The van der Waals surface area contributed by atoms with Gasteiger partial charge in [-0.3, -0.25) is 4.57 Å². The van der Waals surface area contributed by atoms with Crippen LogP contribution in [-0.2, 0) is 0 Å². The van der Waals surface area contributed by atoms with E-state index >= 15 is 0 Å². The summed E-state index contributed by atoms with van der Waals surface area (Å²) in [4.78, 5) is 8.96. The Balaban J connectivity index is 1.97. The van der Waals surface area contributed by atoms with E-state index in [0.29, 0.717) is 6.61 Å². The third kappa shape index (κ3) is 1.98. The van der Waals surface area contributed by atoms with Gasteiger partial charge in [0.2, 0.25) is 0 Å². The van der Waals surface area contributed by atoms with Crippen molar-refractivity contribution in [1.29, 1.82) is 0 Å². The molecule has 3 heterocycles. The number of hydrogen-bond acceptors (Lipinski definition) is 4. The summed E-state index contributed by atoms with van der Waals surface area (Å²) in [6.07, 6.45) is 3.26. The van der Waals surface area contributed by atoms with Crippen LogP contribution in [0.1, 0.15) is 18.2 Å². The predicted molar refractivity (Wildman–Crippen MR) is 88.3 cm³/mol. The van der Waals surface area contributed by atoms with Gasteiger partial charge in [-0.25, -0.2) is 14.5 Å². The first kappa shape index (κ1) is 13.8. The molecule has 0 fully saturated rings. The van der Waals surface area contributed by atoms with E-state index in [1.165, 1.54) is 5.56 Å². The fraction of sp³-hybridized carbons (Fsp3) is 0.235. The van der Waals surface area contributed by atoms with Crippen LogP contribution < -0.4 is 4.74 Å². The maximum Gasteiger partial charge on any atom is 0.168 e. The molecule has 6 nitrogen and oxygen atoms in total. The van der Waals surface area contributed by atoms with Crippen LogP contribution in [0.25, 0.3) is 22.4 Å². The average molecular weight is 307 g/mol. The SMILES string of the molecule is CCOc1ccc(-n2c(C)c(C)c3c2ncn2ncnc32)cc1. The average Bonchev–Trinajstić information content (AvgIpc) is 3.13. The molecular formula is C17H17N5O. The molecule has 0 spiro atoms. The van der Waals surface area contributed by atoms with E-state index < -0.39 is 0 Å². The molecule has 116 valence electrons. The van der Waals surface area contributed by atoms with Gasteiger partial charge in [0.1, 0.15) is 18.4 Å². The number of hydrogen-bond donors (Lipinski definition) is 0. The lowest BCUT2D eigenvalue weighted by atomic mass is 10.2. The van der Waals surface area contributed by atoms with Gasteiger partial charge >= 0.3 is 0 Å². The standard InChI is InChI=1S/C17H17N5O/c1-4-23-14-7-5-13(6-8-14)22-12(3)11(2)15-16-18-9-20-21(16)10-19-17(15)22/h5-10H,4H2,1-3H3. The van der Waals surface area contributed by atoms with Crippen LogP contribution in [0.3, 0.4) is 0 Å². The molecule has 4 rings (SSSR count). The summed E-state index contributed by atoms with van der Waals surface area (Å²) >= 11 is 0. The molecule has 0 saturated heterocycles. The molecule has 0 radical (unpaired) electrons. The second-order valence-corrected chi connectivity index (χ2v) is 5.44. The van der Waals surface area contributed by atoms with Crippen LogP contribution >= 0.6 is 0 Å². The number of ether oxygens (including phenoxy) is 1. The van der Waals surface area contributed by atoms with Crippen LogP contribution in [0.4, 0.5) is 0 Å². The van der Waals surface area contributed by atoms with Crippen molar-refractivity contribution in [3.8, 4) is 11.4 Å². The minimum atomic E-state index is 0.663. The van der Waals surface area contributed by atoms with Crippen LogP contribution in [0.5, 0.6) is 5.75 Å². The zero-order chi connectivity index (χ0) is 16.0. The van der Waals surface area contributed by atoms with Gasteiger partial charge in [-0.2, -0.15) is 5.10 Å². The maximum atomic E-state index is 5.52. The van der Waals surface area contributed by atoms with Crippen molar-refractivity contribution < 1.29 is 4.74 Å². The molecule has 6 heteroatoms. The van der Waals surface area contributed by atoms with Gasteiger partial charge in [0, 0.05) is 11.4 Å². The van der Waals surface area contributed by atoms with Gasteiger partial charge in [-0.15, -0.1) is 0 Å². The lowest BCUT2D eigenvalue weighted by Crippen LogP contribution is -1.99.